The average Bonchev–Trinajstić information content (AvgIpc) is 2.09. The van der Waals surface area contributed by atoms with Gasteiger partial charge in [-0.2, -0.15) is 5.10 Å². The van der Waals surface area contributed by atoms with E-state index in [1.165, 1.54) is 16.9 Å². The van der Waals surface area contributed by atoms with Crippen LogP contribution in [0.1, 0.15) is 12.8 Å². The number of rotatable bonds is 3. The Hall–Kier alpha value is -1.76. The van der Waals surface area contributed by atoms with Gasteiger partial charge in [0.2, 0.25) is 0 Å². The van der Waals surface area contributed by atoms with Gasteiger partial charge in [0.05, 0.1) is 11.9 Å². The normalized spacial score (nSPS) is 9.46. The molecule has 0 aromatic carbocycles. The zero-order valence-corrected chi connectivity index (χ0v) is 7.23. The number of anilines is 1. The van der Waals surface area contributed by atoms with Crippen molar-refractivity contribution in [1.82, 2.24) is 9.78 Å². The lowest BCUT2D eigenvalue weighted by atomic mass is 10.3. The number of hydrogen-bond donors (Lipinski definition) is 1. The van der Waals surface area contributed by atoms with Gasteiger partial charge < -0.3 is 5.73 Å². The van der Waals surface area contributed by atoms with Crippen molar-refractivity contribution in [3.8, 4) is 12.3 Å². The van der Waals surface area contributed by atoms with Gasteiger partial charge in [-0.25, -0.2) is 4.68 Å². The molecule has 0 radical (unpaired) electrons. The van der Waals surface area contributed by atoms with Crippen molar-refractivity contribution in [2.75, 3.05) is 5.73 Å². The Labute approximate surface area is 76.4 Å². The molecule has 4 nitrogen and oxygen atoms in total. The number of aromatic nitrogens is 2. The van der Waals surface area contributed by atoms with Crippen molar-refractivity contribution in [2.45, 2.75) is 19.4 Å². The standard InChI is InChI=1S/C9H11N3O/c1-2-3-4-5-12-9(13)6-8(10)7-11-12/h1,6-7H,3-5,10H2. The Balaban J connectivity index is 2.68. The zero-order valence-electron chi connectivity index (χ0n) is 7.23. The lowest BCUT2D eigenvalue weighted by molar-refractivity contribution is 0.556. The van der Waals surface area contributed by atoms with Gasteiger partial charge in [0, 0.05) is 19.0 Å². The Morgan fingerprint density at radius 1 is 1.69 bits per heavy atom. The number of terminal acetylenes is 1. The van der Waals surface area contributed by atoms with E-state index in [0.29, 0.717) is 18.7 Å². The van der Waals surface area contributed by atoms with Crippen LogP contribution in [0.4, 0.5) is 5.69 Å². The fourth-order valence-electron chi connectivity index (χ4n) is 0.946. The molecule has 2 N–H and O–H groups in total. The molecular formula is C9H11N3O. The molecule has 4 heteroatoms. The Morgan fingerprint density at radius 2 is 2.46 bits per heavy atom. The van der Waals surface area contributed by atoms with E-state index in [1.54, 1.807) is 0 Å². The number of hydrogen-bond acceptors (Lipinski definition) is 3. The summed E-state index contributed by atoms with van der Waals surface area (Å²) < 4.78 is 1.35. The monoisotopic (exact) mass is 177 g/mol. The molecule has 0 unspecified atom stereocenters. The lowest BCUT2D eigenvalue weighted by Crippen LogP contribution is -2.22. The van der Waals surface area contributed by atoms with Crippen LogP contribution in [-0.4, -0.2) is 9.78 Å². The maximum atomic E-state index is 11.2. The summed E-state index contributed by atoms with van der Waals surface area (Å²) >= 11 is 0. The summed E-state index contributed by atoms with van der Waals surface area (Å²) in [5.41, 5.74) is 5.58. The van der Waals surface area contributed by atoms with Crippen LogP contribution in [0.2, 0.25) is 0 Å². The van der Waals surface area contributed by atoms with Crippen molar-refractivity contribution in [2.24, 2.45) is 0 Å². The van der Waals surface area contributed by atoms with Gasteiger partial charge in [0.1, 0.15) is 0 Å². The lowest BCUT2D eigenvalue weighted by Gasteiger charge is -2.01. The van der Waals surface area contributed by atoms with Gasteiger partial charge in [0.15, 0.2) is 0 Å². The molecule has 0 spiro atoms. The van der Waals surface area contributed by atoms with Crippen molar-refractivity contribution in [1.29, 1.82) is 0 Å². The van der Waals surface area contributed by atoms with Crippen LogP contribution in [0, 0.1) is 12.3 Å². The molecule has 0 aliphatic carbocycles. The summed E-state index contributed by atoms with van der Waals surface area (Å²) in [6.45, 7) is 0.545. The second-order valence-corrected chi connectivity index (χ2v) is 2.66. The molecular weight excluding hydrogens is 166 g/mol. The van der Waals surface area contributed by atoms with E-state index in [4.69, 9.17) is 12.2 Å². The fraction of sp³-hybridized carbons (Fsp3) is 0.333. The molecule has 1 rings (SSSR count). The third-order valence-electron chi connectivity index (χ3n) is 1.58. The molecule has 1 heterocycles. The van der Waals surface area contributed by atoms with E-state index < -0.39 is 0 Å². The van der Waals surface area contributed by atoms with Crippen molar-refractivity contribution < 1.29 is 0 Å². The first-order valence-corrected chi connectivity index (χ1v) is 4.00. The highest BCUT2D eigenvalue weighted by Crippen LogP contribution is 1.93. The van der Waals surface area contributed by atoms with Gasteiger partial charge in [0.25, 0.3) is 5.56 Å². The predicted octanol–water partition coefficient (Wildman–Crippen LogP) is 0.239. The molecule has 0 saturated carbocycles. The number of unbranched alkanes of at least 4 members (excludes halogenated alkanes) is 1. The minimum atomic E-state index is -0.183. The first-order valence-electron chi connectivity index (χ1n) is 4.00. The highest BCUT2D eigenvalue weighted by molar-refractivity contribution is 5.31. The summed E-state index contributed by atoms with van der Waals surface area (Å²) in [6.07, 6.45) is 7.94. The van der Waals surface area contributed by atoms with Crippen molar-refractivity contribution in [3.63, 3.8) is 0 Å². The summed E-state index contributed by atoms with van der Waals surface area (Å²) in [5.74, 6) is 2.50. The van der Waals surface area contributed by atoms with Crippen LogP contribution in [0.5, 0.6) is 0 Å². The molecule has 0 saturated heterocycles. The second kappa shape index (κ2) is 4.31. The van der Waals surface area contributed by atoms with E-state index in [-0.39, 0.29) is 5.56 Å². The summed E-state index contributed by atoms with van der Waals surface area (Å²) in [5, 5.41) is 3.86. The zero-order chi connectivity index (χ0) is 9.68. The van der Waals surface area contributed by atoms with Gasteiger partial charge in [-0.3, -0.25) is 4.79 Å². The molecule has 1 aromatic heterocycles. The molecule has 0 fully saturated rings. The van der Waals surface area contributed by atoms with Gasteiger partial charge in [-0.15, -0.1) is 12.3 Å². The van der Waals surface area contributed by atoms with E-state index in [1.807, 2.05) is 0 Å². The highest BCUT2D eigenvalue weighted by atomic mass is 16.1. The van der Waals surface area contributed by atoms with E-state index in [2.05, 4.69) is 11.0 Å². The number of nitrogens with zero attached hydrogens (tertiary/aromatic N) is 2. The molecule has 0 bridgehead atoms. The third kappa shape index (κ3) is 2.64. The molecule has 68 valence electrons. The Morgan fingerprint density at radius 3 is 3.08 bits per heavy atom. The van der Waals surface area contributed by atoms with Crippen LogP contribution in [-0.2, 0) is 6.54 Å². The minimum absolute atomic E-state index is 0.183. The number of nitrogen functional groups attached to an aromatic ring is 1. The van der Waals surface area contributed by atoms with Crippen LogP contribution in [0.15, 0.2) is 17.1 Å². The first-order chi connectivity index (χ1) is 6.24. The van der Waals surface area contributed by atoms with Crippen LogP contribution < -0.4 is 11.3 Å². The van der Waals surface area contributed by atoms with Crippen LogP contribution in [0.25, 0.3) is 0 Å². The molecule has 0 aliphatic rings. The number of nitrogens with two attached hydrogens (primary N) is 1. The molecule has 0 aliphatic heterocycles. The molecule has 0 atom stereocenters. The fourth-order valence-corrected chi connectivity index (χ4v) is 0.946. The van der Waals surface area contributed by atoms with Crippen molar-refractivity contribution >= 4 is 5.69 Å². The van der Waals surface area contributed by atoms with Crippen LogP contribution >= 0.6 is 0 Å². The molecule has 13 heavy (non-hydrogen) atoms. The predicted molar refractivity (Wildman–Crippen MR) is 51.0 cm³/mol. The third-order valence-corrected chi connectivity index (χ3v) is 1.58. The van der Waals surface area contributed by atoms with E-state index in [9.17, 15) is 4.79 Å². The minimum Gasteiger partial charge on any atom is -0.397 e. The second-order valence-electron chi connectivity index (χ2n) is 2.66. The van der Waals surface area contributed by atoms with E-state index >= 15 is 0 Å². The SMILES string of the molecule is C#CCCCn1ncc(N)cc1=O. The van der Waals surface area contributed by atoms with Crippen molar-refractivity contribution in [3.05, 3.63) is 22.6 Å². The topological polar surface area (TPSA) is 60.9 Å². The van der Waals surface area contributed by atoms with Gasteiger partial charge >= 0.3 is 0 Å². The summed E-state index contributed by atoms with van der Waals surface area (Å²) in [7, 11) is 0. The molecule has 1 aromatic rings. The Kier molecular flexibility index (Phi) is 3.09. The summed E-state index contributed by atoms with van der Waals surface area (Å²) in [6, 6.07) is 1.35. The number of aryl methyl sites for hydroxylation is 1. The highest BCUT2D eigenvalue weighted by Gasteiger charge is 1.96. The Bertz CT molecular complexity index is 375. The summed E-state index contributed by atoms with van der Waals surface area (Å²) in [4.78, 5) is 11.2. The largest absolute Gasteiger partial charge is 0.397 e. The maximum absolute atomic E-state index is 11.2. The molecule has 0 amide bonds. The van der Waals surface area contributed by atoms with Gasteiger partial charge in [-0.1, -0.05) is 0 Å². The van der Waals surface area contributed by atoms with Crippen LogP contribution in [0.3, 0.4) is 0 Å². The smallest absolute Gasteiger partial charge is 0.268 e. The maximum Gasteiger partial charge on any atom is 0.268 e. The average molecular weight is 177 g/mol. The van der Waals surface area contributed by atoms with Gasteiger partial charge in [-0.05, 0) is 6.42 Å². The first kappa shape index (κ1) is 9.33. The van der Waals surface area contributed by atoms with E-state index in [0.717, 1.165) is 6.42 Å². The quantitative estimate of drug-likeness (QED) is 0.531.